The number of halogens is 2. The van der Waals surface area contributed by atoms with Gasteiger partial charge in [0.05, 0.1) is 5.69 Å². The first-order valence-electron chi connectivity index (χ1n) is 8.35. The SMILES string of the molecule is CN(C)C(C)(CCO)CN1c2ccccc2SC2(Cl)C=CC=CC12Cl. The molecule has 1 aliphatic carbocycles. The molecule has 2 aliphatic rings. The highest BCUT2D eigenvalue weighted by atomic mass is 35.5. The van der Waals surface area contributed by atoms with E-state index in [1.807, 2.05) is 50.5 Å². The van der Waals surface area contributed by atoms with Gasteiger partial charge in [-0.3, -0.25) is 0 Å². The highest BCUT2D eigenvalue weighted by molar-refractivity contribution is 8.02. The number of likely N-dealkylation sites (N-methyl/N-ethyl adjacent to an activating group) is 1. The minimum Gasteiger partial charge on any atom is -0.396 e. The minimum absolute atomic E-state index is 0.121. The number of benzene rings is 1. The molecule has 0 saturated carbocycles. The van der Waals surface area contributed by atoms with Crippen LogP contribution in [0.2, 0.25) is 0 Å². The standard InChI is InChI=1S/C19H24Cl2N2OS/c1-17(12-13-24,22(2)3)14-23-15-8-4-5-9-16(15)25-19(21)11-7-6-10-18(19,23)20/h4-11,24H,12-14H2,1-3H3. The fraction of sp³-hybridized carbons (Fsp3) is 0.474. The quantitative estimate of drug-likeness (QED) is 0.590. The first-order chi connectivity index (χ1) is 11.8. The Kier molecular flexibility index (Phi) is 5.22. The van der Waals surface area contributed by atoms with Gasteiger partial charge in [-0.2, -0.15) is 0 Å². The van der Waals surface area contributed by atoms with Gasteiger partial charge in [0.25, 0.3) is 0 Å². The summed E-state index contributed by atoms with van der Waals surface area (Å²) in [6.45, 7) is 2.91. The zero-order valence-electron chi connectivity index (χ0n) is 14.7. The molecule has 1 N–H and O–H groups in total. The number of aliphatic hydroxyl groups excluding tert-OH is 1. The summed E-state index contributed by atoms with van der Waals surface area (Å²) in [5.74, 6) is 0. The summed E-state index contributed by atoms with van der Waals surface area (Å²) in [7, 11) is 4.07. The van der Waals surface area contributed by atoms with Crippen molar-refractivity contribution in [1.29, 1.82) is 0 Å². The van der Waals surface area contributed by atoms with Crippen molar-refractivity contribution in [2.75, 3.05) is 32.1 Å². The van der Waals surface area contributed by atoms with Crippen molar-refractivity contribution < 1.29 is 5.11 Å². The van der Waals surface area contributed by atoms with E-state index in [-0.39, 0.29) is 12.1 Å². The monoisotopic (exact) mass is 398 g/mol. The molecule has 0 saturated heterocycles. The van der Waals surface area contributed by atoms with Crippen molar-refractivity contribution in [3.05, 3.63) is 48.6 Å². The Balaban J connectivity index is 2.11. The molecular formula is C19H24Cl2N2OS. The van der Waals surface area contributed by atoms with Crippen LogP contribution in [0.1, 0.15) is 13.3 Å². The first kappa shape index (κ1) is 19.1. The smallest absolute Gasteiger partial charge is 0.166 e. The van der Waals surface area contributed by atoms with Gasteiger partial charge in [-0.1, -0.05) is 59.2 Å². The predicted molar refractivity (Wildman–Crippen MR) is 109 cm³/mol. The van der Waals surface area contributed by atoms with Crippen molar-refractivity contribution >= 4 is 40.7 Å². The Morgan fingerprint density at radius 2 is 1.88 bits per heavy atom. The number of thioether (sulfide) groups is 1. The van der Waals surface area contributed by atoms with Gasteiger partial charge in [0.2, 0.25) is 0 Å². The predicted octanol–water partition coefficient (Wildman–Crippen LogP) is 4.30. The van der Waals surface area contributed by atoms with Gasteiger partial charge in [-0.15, -0.1) is 0 Å². The Morgan fingerprint density at radius 3 is 2.56 bits per heavy atom. The summed E-state index contributed by atoms with van der Waals surface area (Å²) in [4.78, 5) is 4.56. The summed E-state index contributed by atoms with van der Waals surface area (Å²) in [5.41, 5.74) is 0.822. The number of anilines is 1. The van der Waals surface area contributed by atoms with E-state index in [2.05, 4.69) is 28.9 Å². The molecule has 3 nitrogen and oxygen atoms in total. The van der Waals surface area contributed by atoms with Gasteiger partial charge >= 0.3 is 0 Å². The van der Waals surface area contributed by atoms with Gasteiger partial charge in [-0.05, 0) is 51.7 Å². The molecule has 3 unspecified atom stereocenters. The molecule has 0 aromatic heterocycles. The van der Waals surface area contributed by atoms with E-state index in [1.165, 1.54) is 0 Å². The van der Waals surface area contributed by atoms with E-state index >= 15 is 0 Å². The van der Waals surface area contributed by atoms with Crippen LogP contribution >= 0.6 is 35.0 Å². The van der Waals surface area contributed by atoms with Crippen LogP contribution in [0.15, 0.2) is 53.5 Å². The summed E-state index contributed by atoms with van der Waals surface area (Å²) in [5, 5.41) is 9.59. The molecule has 1 aromatic rings. The lowest BCUT2D eigenvalue weighted by Crippen LogP contribution is -2.63. The van der Waals surface area contributed by atoms with Gasteiger partial charge < -0.3 is 14.9 Å². The molecule has 3 atom stereocenters. The number of para-hydroxylation sites is 1. The number of fused-ring (bicyclic) bond motifs is 2. The Labute approximate surface area is 164 Å². The third-order valence-electron chi connectivity index (χ3n) is 5.25. The third-order valence-corrected chi connectivity index (χ3v) is 8.04. The molecule has 0 bridgehead atoms. The van der Waals surface area contributed by atoms with E-state index in [4.69, 9.17) is 23.2 Å². The van der Waals surface area contributed by atoms with Crippen LogP contribution in [-0.4, -0.2) is 52.0 Å². The van der Waals surface area contributed by atoms with E-state index in [0.717, 1.165) is 10.6 Å². The second-order valence-electron chi connectivity index (χ2n) is 7.06. The van der Waals surface area contributed by atoms with E-state index in [9.17, 15) is 5.11 Å². The molecule has 1 aromatic carbocycles. The molecule has 0 fully saturated rings. The molecule has 136 valence electrons. The van der Waals surface area contributed by atoms with Gasteiger partial charge in [0, 0.05) is 23.6 Å². The van der Waals surface area contributed by atoms with Crippen LogP contribution in [0.5, 0.6) is 0 Å². The molecule has 6 heteroatoms. The highest BCUT2D eigenvalue weighted by Gasteiger charge is 2.56. The second-order valence-corrected chi connectivity index (χ2v) is 9.74. The number of allylic oxidation sites excluding steroid dienone is 2. The maximum absolute atomic E-state index is 9.59. The Bertz CT molecular complexity index is 710. The lowest BCUT2D eigenvalue weighted by molar-refractivity contribution is 0.127. The molecule has 0 radical (unpaired) electrons. The summed E-state index contributed by atoms with van der Waals surface area (Å²) >= 11 is 15.8. The molecule has 3 rings (SSSR count). The molecule has 0 amide bonds. The molecule has 1 aliphatic heterocycles. The van der Waals surface area contributed by atoms with Gasteiger partial charge in [0.1, 0.15) is 0 Å². The molecular weight excluding hydrogens is 375 g/mol. The summed E-state index contributed by atoms with van der Waals surface area (Å²) in [6, 6.07) is 8.21. The second kappa shape index (κ2) is 6.82. The minimum atomic E-state index is -0.880. The maximum Gasteiger partial charge on any atom is 0.166 e. The number of alkyl halides is 2. The number of aliphatic hydroxyl groups is 1. The fourth-order valence-electron chi connectivity index (χ4n) is 3.30. The number of hydrogen-bond donors (Lipinski definition) is 1. The van der Waals surface area contributed by atoms with Crippen molar-refractivity contribution in [3.63, 3.8) is 0 Å². The van der Waals surface area contributed by atoms with Crippen LogP contribution in [0, 0.1) is 0 Å². The van der Waals surface area contributed by atoms with E-state index in [0.29, 0.717) is 13.0 Å². The number of nitrogens with zero attached hydrogens (tertiary/aromatic N) is 2. The normalized spacial score (nSPS) is 30.1. The Hall–Kier alpha value is -0.650. The van der Waals surface area contributed by atoms with Crippen LogP contribution in [0.4, 0.5) is 5.69 Å². The topological polar surface area (TPSA) is 26.7 Å². The molecule has 0 spiro atoms. The fourth-order valence-corrected chi connectivity index (χ4v) is 5.41. The molecule has 1 heterocycles. The molecule has 25 heavy (non-hydrogen) atoms. The van der Waals surface area contributed by atoms with Crippen LogP contribution in [0.3, 0.4) is 0 Å². The van der Waals surface area contributed by atoms with Crippen molar-refractivity contribution in [2.45, 2.75) is 33.0 Å². The van der Waals surface area contributed by atoms with Gasteiger partial charge in [-0.25, -0.2) is 0 Å². The van der Waals surface area contributed by atoms with Crippen molar-refractivity contribution in [2.24, 2.45) is 0 Å². The van der Waals surface area contributed by atoms with Gasteiger partial charge in [0.15, 0.2) is 9.20 Å². The van der Waals surface area contributed by atoms with Crippen molar-refractivity contribution in [3.8, 4) is 0 Å². The lowest BCUT2D eigenvalue weighted by atomic mass is 9.93. The largest absolute Gasteiger partial charge is 0.396 e. The zero-order chi connectivity index (χ0) is 18.3. The Morgan fingerprint density at radius 1 is 1.20 bits per heavy atom. The van der Waals surface area contributed by atoms with Crippen LogP contribution in [-0.2, 0) is 0 Å². The van der Waals surface area contributed by atoms with Crippen molar-refractivity contribution in [1.82, 2.24) is 4.90 Å². The third kappa shape index (κ3) is 3.13. The lowest BCUT2D eigenvalue weighted by Gasteiger charge is -2.55. The maximum atomic E-state index is 9.59. The average molecular weight is 399 g/mol. The number of hydrogen-bond acceptors (Lipinski definition) is 4. The summed E-state index contributed by atoms with van der Waals surface area (Å²) < 4.78 is -0.788. The van der Waals surface area contributed by atoms with Crippen LogP contribution < -0.4 is 4.90 Å². The average Bonchev–Trinajstić information content (AvgIpc) is 2.56. The van der Waals surface area contributed by atoms with Crippen LogP contribution in [0.25, 0.3) is 0 Å². The zero-order valence-corrected chi connectivity index (χ0v) is 17.1. The first-order valence-corrected chi connectivity index (χ1v) is 9.92. The highest BCUT2D eigenvalue weighted by Crippen LogP contribution is 2.59. The summed E-state index contributed by atoms with van der Waals surface area (Å²) in [6.07, 6.45) is 8.49. The van der Waals surface area contributed by atoms with E-state index < -0.39 is 9.20 Å². The van der Waals surface area contributed by atoms with E-state index in [1.54, 1.807) is 11.8 Å². The number of rotatable bonds is 5.